The molecule has 0 aliphatic rings. The van der Waals surface area contributed by atoms with Crippen molar-refractivity contribution in [2.75, 3.05) is 0 Å². The minimum Gasteiger partial charge on any atom is -0.463 e. The number of nitrogens with two attached hydrogens (primary N) is 1. The summed E-state index contributed by atoms with van der Waals surface area (Å²) in [5.41, 5.74) is 7.63. The number of H-pyrrole nitrogens is 1. The van der Waals surface area contributed by atoms with Gasteiger partial charge in [-0.3, -0.25) is 9.59 Å². The molecule has 0 saturated heterocycles. The first-order valence-corrected chi connectivity index (χ1v) is 7.50. The molecule has 1 aromatic carbocycles. The van der Waals surface area contributed by atoms with Gasteiger partial charge in [-0.2, -0.15) is 0 Å². The third-order valence-corrected chi connectivity index (χ3v) is 3.65. The molecule has 0 bridgehead atoms. The van der Waals surface area contributed by atoms with Gasteiger partial charge in [0.1, 0.15) is 11.3 Å². The van der Waals surface area contributed by atoms with Gasteiger partial charge >= 0.3 is 0 Å². The van der Waals surface area contributed by atoms with E-state index >= 15 is 0 Å². The molecular formula is C18H17N3O3. The van der Waals surface area contributed by atoms with Gasteiger partial charge < -0.3 is 20.5 Å². The van der Waals surface area contributed by atoms with Crippen LogP contribution in [0.1, 0.15) is 21.5 Å². The van der Waals surface area contributed by atoms with Crippen molar-refractivity contribution in [2.45, 2.75) is 13.1 Å². The van der Waals surface area contributed by atoms with E-state index in [9.17, 15) is 9.59 Å². The smallest absolute Gasteiger partial charge is 0.261 e. The van der Waals surface area contributed by atoms with Crippen LogP contribution in [0.4, 0.5) is 0 Å². The summed E-state index contributed by atoms with van der Waals surface area (Å²) in [7, 11) is 0. The average Bonchev–Trinajstić information content (AvgIpc) is 3.14. The van der Waals surface area contributed by atoms with Crippen molar-refractivity contribution in [3.63, 3.8) is 0 Å². The molecule has 3 aromatic rings. The first-order valence-electron chi connectivity index (χ1n) is 7.50. The quantitative estimate of drug-likeness (QED) is 0.668. The topological polar surface area (TPSA) is 101 Å². The molecule has 0 spiro atoms. The van der Waals surface area contributed by atoms with E-state index in [2.05, 4.69) is 10.3 Å². The molecule has 0 aliphatic carbocycles. The number of pyridine rings is 1. The number of hydrogen-bond acceptors (Lipinski definition) is 4. The predicted molar refractivity (Wildman–Crippen MR) is 90.3 cm³/mol. The van der Waals surface area contributed by atoms with E-state index in [4.69, 9.17) is 10.2 Å². The average molecular weight is 323 g/mol. The Kier molecular flexibility index (Phi) is 4.58. The Balaban J connectivity index is 1.69. The van der Waals surface area contributed by atoms with Gasteiger partial charge in [-0.25, -0.2) is 0 Å². The lowest BCUT2D eigenvalue weighted by atomic mass is 10.1. The lowest BCUT2D eigenvalue weighted by Crippen LogP contribution is -2.29. The molecule has 4 N–H and O–H groups in total. The van der Waals surface area contributed by atoms with Crippen molar-refractivity contribution in [2.24, 2.45) is 5.73 Å². The molecule has 3 rings (SSSR count). The van der Waals surface area contributed by atoms with E-state index < -0.39 is 11.5 Å². The van der Waals surface area contributed by atoms with Crippen LogP contribution in [0.5, 0.6) is 0 Å². The van der Waals surface area contributed by atoms with Gasteiger partial charge in [0.2, 0.25) is 0 Å². The van der Waals surface area contributed by atoms with Crippen molar-refractivity contribution in [3.05, 3.63) is 81.8 Å². The van der Waals surface area contributed by atoms with Gasteiger partial charge in [0.25, 0.3) is 11.5 Å². The van der Waals surface area contributed by atoms with Crippen LogP contribution in [0.2, 0.25) is 0 Å². The summed E-state index contributed by atoms with van der Waals surface area (Å²) in [6.45, 7) is 0.813. The second kappa shape index (κ2) is 6.97. The highest BCUT2D eigenvalue weighted by Crippen LogP contribution is 2.15. The fraction of sp³-hybridized carbons (Fsp3) is 0.111. The van der Waals surface area contributed by atoms with Crippen LogP contribution in [0.25, 0.3) is 11.5 Å². The minimum absolute atomic E-state index is 0.0592. The Morgan fingerprint density at radius 3 is 2.46 bits per heavy atom. The molecule has 1 amide bonds. The molecule has 0 atom stereocenters. The second-order valence-electron chi connectivity index (χ2n) is 5.30. The van der Waals surface area contributed by atoms with Crippen LogP contribution in [-0.2, 0) is 13.1 Å². The number of carbonyl (C=O) groups is 1. The standard InChI is InChI=1S/C18H17N3O3/c19-10-12-3-5-13(6-4-12)11-20-17(22)14-7-8-15(21-18(14)23)16-2-1-9-24-16/h1-9H,10-11,19H2,(H,20,22)(H,21,23). The summed E-state index contributed by atoms with van der Waals surface area (Å²) >= 11 is 0. The fourth-order valence-electron chi connectivity index (χ4n) is 2.30. The van der Waals surface area contributed by atoms with Crippen molar-refractivity contribution >= 4 is 5.91 Å². The highest BCUT2D eigenvalue weighted by atomic mass is 16.3. The maximum absolute atomic E-state index is 12.2. The second-order valence-corrected chi connectivity index (χ2v) is 5.30. The third-order valence-electron chi connectivity index (χ3n) is 3.65. The summed E-state index contributed by atoms with van der Waals surface area (Å²) in [6, 6.07) is 14.2. The van der Waals surface area contributed by atoms with Crippen LogP contribution in [0.15, 0.2) is 64.0 Å². The third kappa shape index (κ3) is 3.44. The lowest BCUT2D eigenvalue weighted by Gasteiger charge is -2.06. The summed E-state index contributed by atoms with van der Waals surface area (Å²) in [5, 5.41) is 2.73. The first kappa shape index (κ1) is 15.8. The number of furan rings is 1. The van der Waals surface area contributed by atoms with E-state index in [1.165, 1.54) is 12.3 Å². The highest BCUT2D eigenvalue weighted by molar-refractivity contribution is 5.93. The molecular weight excluding hydrogens is 306 g/mol. The number of aromatic amines is 1. The number of nitrogens with one attached hydrogen (secondary N) is 2. The maximum atomic E-state index is 12.2. The molecule has 0 unspecified atom stereocenters. The van der Waals surface area contributed by atoms with Gasteiger partial charge in [-0.05, 0) is 35.4 Å². The van der Waals surface area contributed by atoms with Gasteiger partial charge in [-0.15, -0.1) is 0 Å². The molecule has 6 nitrogen and oxygen atoms in total. The van der Waals surface area contributed by atoms with Crippen molar-refractivity contribution in [3.8, 4) is 11.5 Å². The van der Waals surface area contributed by atoms with Gasteiger partial charge in [-0.1, -0.05) is 24.3 Å². The van der Waals surface area contributed by atoms with E-state index in [0.29, 0.717) is 24.5 Å². The SMILES string of the molecule is NCc1ccc(CNC(=O)c2ccc(-c3ccco3)[nH]c2=O)cc1. The molecule has 0 saturated carbocycles. The number of amides is 1. The zero-order valence-corrected chi connectivity index (χ0v) is 12.9. The van der Waals surface area contributed by atoms with Crippen LogP contribution < -0.4 is 16.6 Å². The van der Waals surface area contributed by atoms with E-state index in [-0.39, 0.29) is 5.56 Å². The molecule has 2 heterocycles. The van der Waals surface area contributed by atoms with E-state index in [0.717, 1.165) is 11.1 Å². The Labute approximate surface area is 138 Å². The number of hydrogen-bond donors (Lipinski definition) is 3. The minimum atomic E-state index is -0.458. The van der Waals surface area contributed by atoms with Crippen LogP contribution >= 0.6 is 0 Å². The van der Waals surface area contributed by atoms with Gasteiger partial charge in [0, 0.05) is 13.1 Å². The first-order chi connectivity index (χ1) is 11.7. The maximum Gasteiger partial charge on any atom is 0.261 e. The molecule has 122 valence electrons. The summed E-state index contributed by atoms with van der Waals surface area (Å²) < 4.78 is 5.22. The molecule has 0 radical (unpaired) electrons. The molecule has 6 heteroatoms. The van der Waals surface area contributed by atoms with E-state index in [1.54, 1.807) is 18.2 Å². The van der Waals surface area contributed by atoms with Crippen molar-refractivity contribution in [1.29, 1.82) is 0 Å². The molecule has 0 fully saturated rings. The Hall–Kier alpha value is -3.12. The van der Waals surface area contributed by atoms with Crippen LogP contribution in [0.3, 0.4) is 0 Å². The zero-order chi connectivity index (χ0) is 16.9. The fourth-order valence-corrected chi connectivity index (χ4v) is 2.30. The zero-order valence-electron chi connectivity index (χ0n) is 12.9. The normalized spacial score (nSPS) is 10.5. The summed E-state index contributed by atoms with van der Waals surface area (Å²) in [5.74, 6) is 0.115. The largest absolute Gasteiger partial charge is 0.463 e. The lowest BCUT2D eigenvalue weighted by molar-refractivity contribution is 0.0949. The number of rotatable bonds is 5. The molecule has 24 heavy (non-hydrogen) atoms. The molecule has 0 aliphatic heterocycles. The number of carbonyl (C=O) groups excluding carboxylic acids is 1. The summed E-state index contributed by atoms with van der Waals surface area (Å²) in [6.07, 6.45) is 1.52. The van der Waals surface area contributed by atoms with Crippen LogP contribution in [-0.4, -0.2) is 10.9 Å². The van der Waals surface area contributed by atoms with Crippen molar-refractivity contribution < 1.29 is 9.21 Å². The van der Waals surface area contributed by atoms with Crippen molar-refractivity contribution in [1.82, 2.24) is 10.3 Å². The number of benzene rings is 1. The van der Waals surface area contributed by atoms with Gasteiger partial charge in [0.05, 0.1) is 12.0 Å². The number of aromatic nitrogens is 1. The Morgan fingerprint density at radius 1 is 1.08 bits per heavy atom. The van der Waals surface area contributed by atoms with E-state index in [1.807, 2.05) is 24.3 Å². The van der Waals surface area contributed by atoms with Crippen LogP contribution in [0, 0.1) is 0 Å². The summed E-state index contributed by atoms with van der Waals surface area (Å²) in [4.78, 5) is 26.9. The highest BCUT2D eigenvalue weighted by Gasteiger charge is 2.12. The molecule has 2 aromatic heterocycles. The predicted octanol–water partition coefficient (Wildman–Crippen LogP) is 2.02. The monoisotopic (exact) mass is 323 g/mol. The Morgan fingerprint density at radius 2 is 1.83 bits per heavy atom. The Bertz CT molecular complexity index is 881. The van der Waals surface area contributed by atoms with Gasteiger partial charge in [0.15, 0.2) is 0 Å².